The number of methoxy groups -OCH3 is 1. The predicted octanol–water partition coefficient (Wildman–Crippen LogP) is 2.65. The van der Waals surface area contributed by atoms with Gasteiger partial charge in [0.15, 0.2) is 5.75 Å². The van der Waals surface area contributed by atoms with Crippen molar-refractivity contribution in [3.63, 3.8) is 0 Å². The van der Waals surface area contributed by atoms with Crippen molar-refractivity contribution < 1.29 is 14.4 Å². The van der Waals surface area contributed by atoms with E-state index in [0.29, 0.717) is 31.4 Å². The number of hydrogen-bond acceptors (Lipinski definition) is 5. The number of nitro benzene ring substituents is 1. The van der Waals surface area contributed by atoms with Gasteiger partial charge in [-0.2, -0.15) is 0 Å². The Morgan fingerprint density at radius 2 is 2.24 bits per heavy atom. The van der Waals surface area contributed by atoms with Gasteiger partial charge in [0.1, 0.15) is 0 Å². The molecule has 1 N–H and O–H groups in total. The molecule has 0 saturated heterocycles. The van der Waals surface area contributed by atoms with E-state index in [4.69, 9.17) is 9.47 Å². The Morgan fingerprint density at radius 3 is 2.86 bits per heavy atom. The molecule has 1 unspecified atom stereocenters. The van der Waals surface area contributed by atoms with Crippen LogP contribution in [0.3, 0.4) is 0 Å². The molecule has 0 radical (unpaired) electrons. The number of nitrogens with zero attached hydrogens (tertiary/aromatic N) is 1. The van der Waals surface area contributed by atoms with Crippen molar-refractivity contribution in [2.75, 3.05) is 13.7 Å². The molecule has 6 heteroatoms. The van der Waals surface area contributed by atoms with E-state index in [1.54, 1.807) is 19.2 Å². The smallest absolute Gasteiger partial charge is 0.311 e. The van der Waals surface area contributed by atoms with Crippen molar-refractivity contribution in [2.45, 2.75) is 44.9 Å². The van der Waals surface area contributed by atoms with Gasteiger partial charge in [-0.1, -0.05) is 6.07 Å². The third-order valence-electron chi connectivity index (χ3n) is 3.45. The highest BCUT2D eigenvalue weighted by Crippen LogP contribution is 2.29. The van der Waals surface area contributed by atoms with E-state index < -0.39 is 0 Å². The van der Waals surface area contributed by atoms with Crippen molar-refractivity contribution in [2.24, 2.45) is 0 Å². The lowest BCUT2D eigenvalue weighted by Crippen LogP contribution is -2.16. The summed E-state index contributed by atoms with van der Waals surface area (Å²) in [5.41, 5.74) is 0.930. The molecule has 1 fully saturated rings. The normalized spacial score (nSPS) is 15.7. The van der Waals surface area contributed by atoms with E-state index in [0.717, 1.165) is 5.56 Å². The first-order chi connectivity index (χ1) is 10.1. The topological polar surface area (TPSA) is 73.6 Å². The molecule has 1 saturated carbocycles. The molecule has 2 rings (SSSR count). The molecule has 0 heterocycles. The average molecular weight is 294 g/mol. The van der Waals surface area contributed by atoms with Gasteiger partial charge in [-0.25, -0.2) is 0 Å². The summed E-state index contributed by atoms with van der Waals surface area (Å²) >= 11 is 0. The molecular formula is C15H22N2O4. The van der Waals surface area contributed by atoms with Gasteiger partial charge in [0.25, 0.3) is 0 Å². The van der Waals surface area contributed by atoms with Gasteiger partial charge in [-0.05, 0) is 31.4 Å². The van der Waals surface area contributed by atoms with Crippen LogP contribution in [0.1, 0.15) is 31.7 Å². The van der Waals surface area contributed by atoms with Crippen LogP contribution in [0.25, 0.3) is 0 Å². The minimum absolute atomic E-state index is 0.0226. The van der Waals surface area contributed by atoms with E-state index in [9.17, 15) is 10.1 Å². The van der Waals surface area contributed by atoms with Crippen LogP contribution in [0.2, 0.25) is 0 Å². The summed E-state index contributed by atoms with van der Waals surface area (Å²) in [5.74, 6) is 0.318. The van der Waals surface area contributed by atoms with Gasteiger partial charge in [0, 0.05) is 38.8 Å². The maximum atomic E-state index is 11.2. The van der Waals surface area contributed by atoms with Crippen LogP contribution >= 0.6 is 0 Å². The largest absolute Gasteiger partial charge is 0.484 e. The van der Waals surface area contributed by atoms with E-state index in [1.165, 1.54) is 12.8 Å². The SMILES string of the molecule is COCCC(C)Oc1ccc(CNC2CC2)cc1[N+](=O)[O-]. The maximum absolute atomic E-state index is 11.2. The van der Waals surface area contributed by atoms with Crippen LogP contribution < -0.4 is 10.1 Å². The Kier molecular flexibility index (Phi) is 5.52. The molecule has 1 aromatic carbocycles. The van der Waals surface area contributed by atoms with Crippen molar-refractivity contribution in [3.05, 3.63) is 33.9 Å². The van der Waals surface area contributed by atoms with Crippen LogP contribution in [0.15, 0.2) is 18.2 Å². The van der Waals surface area contributed by atoms with Crippen molar-refractivity contribution in [3.8, 4) is 5.75 Å². The average Bonchev–Trinajstić information content (AvgIpc) is 3.28. The van der Waals surface area contributed by atoms with Crippen molar-refractivity contribution in [1.82, 2.24) is 5.32 Å². The summed E-state index contributed by atoms with van der Waals surface area (Å²) in [6.45, 7) is 3.11. The first-order valence-corrected chi connectivity index (χ1v) is 7.26. The summed E-state index contributed by atoms with van der Waals surface area (Å²) < 4.78 is 10.6. The van der Waals surface area contributed by atoms with Crippen LogP contribution in [-0.4, -0.2) is 30.8 Å². The van der Waals surface area contributed by atoms with Gasteiger partial charge in [0.2, 0.25) is 0 Å². The Hall–Kier alpha value is -1.66. The minimum atomic E-state index is -0.390. The van der Waals surface area contributed by atoms with E-state index >= 15 is 0 Å². The van der Waals surface area contributed by atoms with Crippen LogP contribution in [0.5, 0.6) is 5.75 Å². The van der Waals surface area contributed by atoms with Crippen LogP contribution in [0.4, 0.5) is 5.69 Å². The number of ether oxygens (including phenoxy) is 2. The summed E-state index contributed by atoms with van der Waals surface area (Å²) in [6.07, 6.45) is 2.96. The van der Waals surface area contributed by atoms with Crippen LogP contribution in [0, 0.1) is 10.1 Å². The fraction of sp³-hybridized carbons (Fsp3) is 0.600. The molecule has 21 heavy (non-hydrogen) atoms. The lowest BCUT2D eigenvalue weighted by atomic mass is 10.2. The Morgan fingerprint density at radius 1 is 1.48 bits per heavy atom. The standard InChI is InChI=1S/C15H22N2O4/c1-11(7-8-20-2)21-15-6-3-12(9-14(15)17(18)19)10-16-13-4-5-13/h3,6,9,11,13,16H,4-5,7-8,10H2,1-2H3. The molecule has 0 spiro atoms. The molecule has 0 aromatic heterocycles. The zero-order valence-electron chi connectivity index (χ0n) is 12.5. The Balaban J connectivity index is 2.02. The van der Waals surface area contributed by atoms with Crippen molar-refractivity contribution >= 4 is 5.69 Å². The summed E-state index contributed by atoms with van der Waals surface area (Å²) in [4.78, 5) is 10.8. The fourth-order valence-corrected chi connectivity index (χ4v) is 2.02. The van der Waals surface area contributed by atoms with Crippen molar-refractivity contribution in [1.29, 1.82) is 0 Å². The summed E-state index contributed by atoms with van der Waals surface area (Å²) in [7, 11) is 1.62. The Labute approximate surface area is 124 Å². The lowest BCUT2D eigenvalue weighted by molar-refractivity contribution is -0.386. The monoisotopic (exact) mass is 294 g/mol. The van der Waals surface area contributed by atoms with E-state index in [1.807, 2.05) is 13.0 Å². The molecule has 1 aromatic rings. The number of benzene rings is 1. The molecule has 1 atom stereocenters. The number of hydrogen-bond donors (Lipinski definition) is 1. The first kappa shape index (κ1) is 15.7. The van der Waals surface area contributed by atoms with Crippen LogP contribution in [-0.2, 0) is 11.3 Å². The van der Waals surface area contributed by atoms with Gasteiger partial charge in [0.05, 0.1) is 11.0 Å². The second-order valence-corrected chi connectivity index (χ2v) is 5.42. The molecule has 0 aliphatic heterocycles. The maximum Gasteiger partial charge on any atom is 0.311 e. The van der Waals surface area contributed by atoms with E-state index in [2.05, 4.69) is 5.32 Å². The first-order valence-electron chi connectivity index (χ1n) is 7.26. The number of rotatable bonds is 9. The predicted molar refractivity (Wildman–Crippen MR) is 79.5 cm³/mol. The third-order valence-corrected chi connectivity index (χ3v) is 3.45. The highest BCUT2D eigenvalue weighted by Gasteiger charge is 2.22. The molecule has 0 bridgehead atoms. The lowest BCUT2D eigenvalue weighted by Gasteiger charge is -2.14. The zero-order valence-corrected chi connectivity index (χ0v) is 12.5. The van der Waals surface area contributed by atoms with Gasteiger partial charge >= 0.3 is 5.69 Å². The fourth-order valence-electron chi connectivity index (χ4n) is 2.02. The molecule has 1 aliphatic carbocycles. The quantitative estimate of drug-likeness (QED) is 0.560. The zero-order chi connectivity index (χ0) is 15.2. The van der Waals surface area contributed by atoms with E-state index in [-0.39, 0.29) is 16.7 Å². The Bertz CT molecular complexity index is 489. The summed E-state index contributed by atoms with van der Waals surface area (Å²) in [5, 5.41) is 14.5. The molecule has 1 aliphatic rings. The molecular weight excluding hydrogens is 272 g/mol. The second kappa shape index (κ2) is 7.38. The molecule has 0 amide bonds. The van der Waals surface area contributed by atoms with Gasteiger partial charge < -0.3 is 14.8 Å². The second-order valence-electron chi connectivity index (χ2n) is 5.42. The summed E-state index contributed by atoms with van der Waals surface area (Å²) in [6, 6.07) is 5.73. The molecule has 116 valence electrons. The van der Waals surface area contributed by atoms with Gasteiger partial charge in [-0.15, -0.1) is 0 Å². The van der Waals surface area contributed by atoms with Gasteiger partial charge in [-0.3, -0.25) is 10.1 Å². The number of nitro groups is 1. The number of nitrogens with one attached hydrogen (secondary N) is 1. The highest BCUT2D eigenvalue weighted by atomic mass is 16.6. The third kappa shape index (κ3) is 4.99. The highest BCUT2D eigenvalue weighted by molar-refractivity contribution is 5.48. The molecule has 6 nitrogen and oxygen atoms in total. The minimum Gasteiger partial charge on any atom is -0.484 e.